The van der Waals surface area contributed by atoms with Gasteiger partial charge in [0.05, 0.1) is 11.0 Å². The Bertz CT molecular complexity index is 934. The average molecular weight is 290 g/mol. The standard InChI is InChI=1S/C17H14N4O/c22-16(11-21-10-9-12-5-1-4-8-15(12)21)20-17-18-13-6-2-3-7-14(13)19-17/h1-10H,11H2,(H2,18,19,20,22). The molecule has 0 fully saturated rings. The number of aromatic amines is 1. The van der Waals surface area contributed by atoms with Gasteiger partial charge in [-0.3, -0.25) is 10.1 Å². The number of anilines is 1. The molecular formula is C17H14N4O. The highest BCUT2D eigenvalue weighted by molar-refractivity contribution is 5.92. The van der Waals surface area contributed by atoms with Gasteiger partial charge in [-0.2, -0.15) is 0 Å². The number of carbonyl (C=O) groups is 1. The summed E-state index contributed by atoms with van der Waals surface area (Å²) in [6.45, 7) is 0.255. The minimum absolute atomic E-state index is 0.111. The summed E-state index contributed by atoms with van der Waals surface area (Å²) in [5.41, 5.74) is 2.79. The molecule has 2 aromatic heterocycles. The summed E-state index contributed by atoms with van der Waals surface area (Å²) >= 11 is 0. The van der Waals surface area contributed by atoms with Crippen molar-refractivity contribution in [3.8, 4) is 0 Å². The van der Waals surface area contributed by atoms with Gasteiger partial charge in [0.2, 0.25) is 11.9 Å². The number of para-hydroxylation sites is 3. The fourth-order valence-corrected chi connectivity index (χ4v) is 2.62. The lowest BCUT2D eigenvalue weighted by Crippen LogP contribution is -2.18. The quantitative estimate of drug-likeness (QED) is 0.609. The summed E-state index contributed by atoms with van der Waals surface area (Å²) in [6, 6.07) is 17.7. The van der Waals surface area contributed by atoms with E-state index in [1.165, 1.54) is 0 Å². The molecule has 2 aromatic carbocycles. The number of hydrogen-bond acceptors (Lipinski definition) is 2. The monoisotopic (exact) mass is 290 g/mol. The van der Waals surface area contributed by atoms with Crippen LogP contribution in [0.25, 0.3) is 21.9 Å². The van der Waals surface area contributed by atoms with Gasteiger partial charge < -0.3 is 9.55 Å². The Kier molecular flexibility index (Phi) is 2.89. The molecule has 22 heavy (non-hydrogen) atoms. The van der Waals surface area contributed by atoms with Crippen LogP contribution in [0.1, 0.15) is 0 Å². The van der Waals surface area contributed by atoms with Crippen molar-refractivity contribution in [2.75, 3.05) is 5.32 Å². The molecule has 0 aliphatic carbocycles. The molecule has 5 heteroatoms. The number of aromatic nitrogens is 3. The van der Waals surface area contributed by atoms with Crippen LogP contribution in [-0.4, -0.2) is 20.4 Å². The average Bonchev–Trinajstić information content (AvgIpc) is 3.11. The van der Waals surface area contributed by atoms with Crippen molar-refractivity contribution in [2.24, 2.45) is 0 Å². The van der Waals surface area contributed by atoms with Gasteiger partial charge in [0, 0.05) is 11.7 Å². The van der Waals surface area contributed by atoms with E-state index in [-0.39, 0.29) is 12.5 Å². The molecule has 2 N–H and O–H groups in total. The summed E-state index contributed by atoms with van der Waals surface area (Å²) in [7, 11) is 0. The van der Waals surface area contributed by atoms with Crippen LogP contribution < -0.4 is 5.32 Å². The predicted molar refractivity (Wildman–Crippen MR) is 86.7 cm³/mol. The third-order valence-electron chi connectivity index (χ3n) is 3.64. The van der Waals surface area contributed by atoms with Gasteiger partial charge in [-0.25, -0.2) is 4.98 Å². The van der Waals surface area contributed by atoms with Crippen molar-refractivity contribution in [3.63, 3.8) is 0 Å². The number of hydrogen-bond donors (Lipinski definition) is 2. The van der Waals surface area contributed by atoms with Crippen LogP contribution in [0, 0.1) is 0 Å². The Morgan fingerprint density at radius 3 is 2.82 bits per heavy atom. The number of rotatable bonds is 3. The van der Waals surface area contributed by atoms with Gasteiger partial charge in [-0.15, -0.1) is 0 Å². The Labute approximate surface area is 126 Å². The summed E-state index contributed by atoms with van der Waals surface area (Å²) < 4.78 is 1.92. The highest BCUT2D eigenvalue weighted by atomic mass is 16.2. The Morgan fingerprint density at radius 2 is 1.91 bits per heavy atom. The SMILES string of the molecule is O=C(Cn1ccc2ccccc21)Nc1nc2ccccc2[nH]1. The van der Waals surface area contributed by atoms with E-state index < -0.39 is 0 Å². The van der Waals surface area contributed by atoms with E-state index in [1.807, 2.05) is 65.4 Å². The molecule has 0 radical (unpaired) electrons. The van der Waals surface area contributed by atoms with Crippen LogP contribution in [0.5, 0.6) is 0 Å². The van der Waals surface area contributed by atoms with E-state index in [2.05, 4.69) is 15.3 Å². The smallest absolute Gasteiger partial charge is 0.246 e. The number of amides is 1. The molecule has 108 valence electrons. The molecule has 0 saturated carbocycles. The first-order valence-electron chi connectivity index (χ1n) is 7.08. The van der Waals surface area contributed by atoms with E-state index in [4.69, 9.17) is 0 Å². The fraction of sp³-hybridized carbons (Fsp3) is 0.0588. The summed E-state index contributed by atoms with van der Waals surface area (Å²) in [5, 5.41) is 3.93. The van der Waals surface area contributed by atoms with Crippen LogP contribution in [0.4, 0.5) is 5.95 Å². The zero-order valence-electron chi connectivity index (χ0n) is 11.8. The lowest BCUT2D eigenvalue weighted by atomic mass is 10.2. The number of nitrogens with one attached hydrogen (secondary N) is 2. The molecule has 0 saturated heterocycles. The molecule has 1 amide bonds. The van der Waals surface area contributed by atoms with Gasteiger partial charge in [-0.1, -0.05) is 30.3 Å². The van der Waals surface area contributed by atoms with Gasteiger partial charge >= 0.3 is 0 Å². The fourth-order valence-electron chi connectivity index (χ4n) is 2.62. The third-order valence-corrected chi connectivity index (χ3v) is 3.64. The maximum Gasteiger partial charge on any atom is 0.246 e. The topological polar surface area (TPSA) is 62.7 Å². The normalized spacial score (nSPS) is 11.1. The molecule has 0 unspecified atom stereocenters. The molecule has 0 bridgehead atoms. The van der Waals surface area contributed by atoms with E-state index in [0.717, 1.165) is 21.9 Å². The maximum absolute atomic E-state index is 12.2. The Balaban J connectivity index is 1.55. The summed E-state index contributed by atoms with van der Waals surface area (Å²) in [6.07, 6.45) is 1.92. The maximum atomic E-state index is 12.2. The van der Waals surface area contributed by atoms with E-state index in [1.54, 1.807) is 0 Å². The van der Waals surface area contributed by atoms with E-state index >= 15 is 0 Å². The van der Waals surface area contributed by atoms with Crippen molar-refractivity contribution in [1.82, 2.24) is 14.5 Å². The van der Waals surface area contributed by atoms with Crippen LogP contribution in [0.15, 0.2) is 60.8 Å². The first-order valence-corrected chi connectivity index (χ1v) is 7.08. The van der Waals surface area contributed by atoms with E-state index in [0.29, 0.717) is 5.95 Å². The summed E-state index contributed by atoms with van der Waals surface area (Å²) in [5.74, 6) is 0.364. The summed E-state index contributed by atoms with van der Waals surface area (Å²) in [4.78, 5) is 19.6. The lowest BCUT2D eigenvalue weighted by molar-refractivity contribution is -0.116. The van der Waals surface area contributed by atoms with Crippen LogP contribution in [0.2, 0.25) is 0 Å². The highest BCUT2D eigenvalue weighted by Crippen LogP contribution is 2.16. The van der Waals surface area contributed by atoms with Crippen molar-refractivity contribution < 1.29 is 4.79 Å². The number of carbonyl (C=O) groups excluding carboxylic acids is 1. The zero-order valence-corrected chi connectivity index (χ0v) is 11.8. The molecule has 4 aromatic rings. The van der Waals surface area contributed by atoms with Crippen molar-refractivity contribution >= 4 is 33.8 Å². The second-order valence-corrected chi connectivity index (χ2v) is 5.15. The molecule has 2 heterocycles. The second-order valence-electron chi connectivity index (χ2n) is 5.15. The molecule has 0 spiro atoms. The molecule has 0 aliphatic heterocycles. The highest BCUT2D eigenvalue weighted by Gasteiger charge is 2.09. The molecular weight excluding hydrogens is 276 g/mol. The number of benzene rings is 2. The minimum Gasteiger partial charge on any atom is -0.338 e. The van der Waals surface area contributed by atoms with Crippen LogP contribution >= 0.6 is 0 Å². The van der Waals surface area contributed by atoms with Gasteiger partial charge in [0.1, 0.15) is 6.54 Å². The molecule has 0 atom stereocenters. The number of imidazole rings is 1. The van der Waals surface area contributed by atoms with Gasteiger partial charge in [-0.05, 0) is 29.7 Å². The predicted octanol–water partition coefficient (Wildman–Crippen LogP) is 3.16. The molecule has 5 nitrogen and oxygen atoms in total. The van der Waals surface area contributed by atoms with Crippen LogP contribution in [0.3, 0.4) is 0 Å². The number of fused-ring (bicyclic) bond motifs is 2. The van der Waals surface area contributed by atoms with Crippen molar-refractivity contribution in [2.45, 2.75) is 6.54 Å². The molecule has 4 rings (SSSR count). The van der Waals surface area contributed by atoms with Gasteiger partial charge in [0.15, 0.2) is 0 Å². The zero-order chi connectivity index (χ0) is 14.9. The number of nitrogens with zero attached hydrogens (tertiary/aromatic N) is 2. The van der Waals surface area contributed by atoms with E-state index in [9.17, 15) is 4.79 Å². The number of H-pyrrole nitrogens is 1. The first kappa shape index (κ1) is 12.6. The van der Waals surface area contributed by atoms with Gasteiger partial charge in [0.25, 0.3) is 0 Å². The first-order chi connectivity index (χ1) is 10.8. The minimum atomic E-state index is -0.111. The Hall–Kier alpha value is -3.08. The largest absolute Gasteiger partial charge is 0.338 e. The molecule has 0 aliphatic rings. The van der Waals surface area contributed by atoms with Crippen molar-refractivity contribution in [3.05, 3.63) is 60.8 Å². The lowest BCUT2D eigenvalue weighted by Gasteiger charge is -2.05. The Morgan fingerprint density at radius 1 is 1.09 bits per heavy atom. The van der Waals surface area contributed by atoms with Crippen molar-refractivity contribution in [1.29, 1.82) is 0 Å². The second kappa shape index (κ2) is 5.04. The van der Waals surface area contributed by atoms with Crippen LogP contribution in [-0.2, 0) is 11.3 Å². The third kappa shape index (κ3) is 2.22.